The Morgan fingerprint density at radius 3 is 2.00 bits per heavy atom. The summed E-state index contributed by atoms with van der Waals surface area (Å²) in [5, 5.41) is 104. The second-order valence-electron chi connectivity index (χ2n) is 21.6. The molecule has 0 radical (unpaired) electrons. The third-order valence-electron chi connectivity index (χ3n) is 18.3. The van der Waals surface area contributed by atoms with Gasteiger partial charge < -0.3 is 89.0 Å². The molecule has 0 unspecified atom stereocenters. The average molecular weight is 919 g/mol. The molecule has 0 aromatic rings. The fourth-order valence-electron chi connectivity index (χ4n) is 14.4. The number of aliphatic hydroxyl groups is 10. The van der Waals surface area contributed by atoms with Gasteiger partial charge in [0, 0.05) is 19.4 Å². The minimum atomic E-state index is -1.63. The molecule has 18 heteroatoms. The zero-order chi connectivity index (χ0) is 46.2. The zero-order valence-electron chi connectivity index (χ0n) is 38.3. The van der Waals surface area contributed by atoms with Crippen LogP contribution in [0.25, 0.3) is 0 Å². The first-order valence-electron chi connectivity index (χ1n) is 24.1. The number of rotatable bonds is 13. The summed E-state index contributed by atoms with van der Waals surface area (Å²) in [6, 6.07) is 0. The lowest BCUT2D eigenvalue weighted by Gasteiger charge is -2.61. The number of aliphatic hydroxyl groups excluding tert-OH is 10. The molecule has 10 N–H and O–H groups in total. The quantitative estimate of drug-likeness (QED) is 0.108. The van der Waals surface area contributed by atoms with E-state index in [1.807, 2.05) is 6.92 Å². The Bertz CT molecular complexity index is 1560. The SMILES string of the molecule is CO[C@]1(CC[C@@H](C)CO[C@@H]2O[C@H](CO)[C@@H](O)[C@H](O)[C@H]2O)O[C@H]2C[C@H]3[C@@H]4CC[C@@H]5C[C@@H](O[C@@H]6O[C@H](CO)[C@@H](O[C@@H]7O[C@@H](C)[C@H](O)[C@@H](O)[C@H]7O)[C@H](O)[C@H]6O)CC[C@]5(C)[C@H]4CC[C@]3(C)[C@H]2[C@@H]1C. The van der Waals surface area contributed by atoms with E-state index >= 15 is 0 Å². The Hall–Kier alpha value is -0.720. The second-order valence-corrected chi connectivity index (χ2v) is 21.6. The summed E-state index contributed by atoms with van der Waals surface area (Å²) >= 11 is 0. The van der Waals surface area contributed by atoms with Gasteiger partial charge >= 0.3 is 0 Å². The van der Waals surface area contributed by atoms with Gasteiger partial charge in [-0.05, 0) is 111 Å². The van der Waals surface area contributed by atoms with Crippen molar-refractivity contribution in [2.75, 3.05) is 26.9 Å². The third-order valence-corrected chi connectivity index (χ3v) is 18.3. The van der Waals surface area contributed by atoms with Crippen molar-refractivity contribution in [3.8, 4) is 0 Å². The Kier molecular flexibility index (Phi) is 14.9. The number of hydrogen-bond donors (Lipinski definition) is 10. The van der Waals surface area contributed by atoms with Gasteiger partial charge in [-0.15, -0.1) is 0 Å². The van der Waals surface area contributed by atoms with E-state index < -0.39 is 111 Å². The summed E-state index contributed by atoms with van der Waals surface area (Å²) in [6.07, 6.45) is -10.9. The van der Waals surface area contributed by atoms with Gasteiger partial charge in [-0.3, -0.25) is 0 Å². The van der Waals surface area contributed by atoms with E-state index in [-0.39, 0.29) is 41.5 Å². The van der Waals surface area contributed by atoms with Crippen LogP contribution in [0.3, 0.4) is 0 Å². The zero-order valence-corrected chi connectivity index (χ0v) is 38.3. The summed E-state index contributed by atoms with van der Waals surface area (Å²) in [7, 11) is 1.74. The van der Waals surface area contributed by atoms with E-state index in [0.29, 0.717) is 36.0 Å². The summed E-state index contributed by atoms with van der Waals surface area (Å²) in [5.74, 6) is 1.89. The molecule has 0 spiro atoms. The molecule has 64 heavy (non-hydrogen) atoms. The summed E-state index contributed by atoms with van der Waals surface area (Å²) in [4.78, 5) is 0. The summed E-state index contributed by atoms with van der Waals surface area (Å²) in [6.45, 7) is 9.96. The van der Waals surface area contributed by atoms with Crippen molar-refractivity contribution in [3.05, 3.63) is 0 Å². The number of hydrogen-bond acceptors (Lipinski definition) is 18. The maximum Gasteiger partial charge on any atom is 0.187 e. The lowest BCUT2D eigenvalue weighted by atomic mass is 9.44. The molecule has 0 amide bonds. The molecule has 0 aromatic carbocycles. The Morgan fingerprint density at radius 1 is 0.656 bits per heavy atom. The molecule has 8 aliphatic rings. The molecule has 18 nitrogen and oxygen atoms in total. The van der Waals surface area contributed by atoms with Crippen molar-refractivity contribution in [2.24, 2.45) is 52.3 Å². The molecule has 0 bridgehead atoms. The number of methoxy groups -OCH3 is 1. The normalized spacial score (nSPS) is 55.6. The molecular weight excluding hydrogens is 840 g/mol. The highest BCUT2D eigenvalue weighted by molar-refractivity contribution is 5.15. The monoisotopic (exact) mass is 919 g/mol. The molecule has 8 fully saturated rings. The van der Waals surface area contributed by atoms with Gasteiger partial charge in [-0.1, -0.05) is 27.7 Å². The van der Waals surface area contributed by atoms with Gasteiger partial charge in [-0.25, -0.2) is 0 Å². The molecule has 4 heterocycles. The predicted molar refractivity (Wildman–Crippen MR) is 222 cm³/mol. The first-order valence-corrected chi connectivity index (χ1v) is 24.1. The minimum Gasteiger partial charge on any atom is -0.394 e. The topological polar surface area (TPSA) is 276 Å². The molecule has 4 aliphatic carbocycles. The number of fused-ring (bicyclic) bond motifs is 7. The lowest BCUT2D eigenvalue weighted by Crippen LogP contribution is -2.64. The first kappa shape index (κ1) is 49.7. The van der Waals surface area contributed by atoms with Crippen LogP contribution in [0.5, 0.6) is 0 Å². The Balaban J connectivity index is 0.847. The van der Waals surface area contributed by atoms with Gasteiger partial charge in [0.1, 0.15) is 67.1 Å². The molecular formula is C46H78O18. The van der Waals surface area contributed by atoms with E-state index in [2.05, 4.69) is 20.8 Å². The predicted octanol–water partition coefficient (Wildman–Crippen LogP) is -0.0975. The molecule has 27 atom stereocenters. The fourth-order valence-corrected chi connectivity index (χ4v) is 14.4. The van der Waals surface area contributed by atoms with Gasteiger partial charge in [0.05, 0.1) is 38.1 Å². The van der Waals surface area contributed by atoms with Gasteiger partial charge in [0.25, 0.3) is 0 Å². The van der Waals surface area contributed by atoms with E-state index in [0.717, 1.165) is 57.8 Å². The Labute approximate surface area is 376 Å². The maximum absolute atomic E-state index is 11.2. The van der Waals surface area contributed by atoms with Crippen molar-refractivity contribution in [1.29, 1.82) is 0 Å². The summed E-state index contributed by atoms with van der Waals surface area (Å²) < 4.78 is 48.5. The molecule has 0 aromatic heterocycles. The van der Waals surface area contributed by atoms with Crippen LogP contribution in [0.4, 0.5) is 0 Å². The third kappa shape index (κ3) is 8.56. The molecule has 370 valence electrons. The van der Waals surface area contributed by atoms with E-state index in [1.165, 1.54) is 6.92 Å². The summed E-state index contributed by atoms with van der Waals surface area (Å²) in [5.41, 5.74) is 0.222. The highest BCUT2D eigenvalue weighted by Gasteiger charge is 2.69. The van der Waals surface area contributed by atoms with Crippen molar-refractivity contribution in [3.63, 3.8) is 0 Å². The van der Waals surface area contributed by atoms with Crippen molar-refractivity contribution < 1.29 is 89.0 Å². The maximum atomic E-state index is 11.2. The fraction of sp³-hybridized carbons (Fsp3) is 1.00. The lowest BCUT2D eigenvalue weighted by molar-refractivity contribution is -0.361. The van der Waals surface area contributed by atoms with Crippen LogP contribution >= 0.6 is 0 Å². The Morgan fingerprint density at radius 2 is 1.30 bits per heavy atom. The van der Waals surface area contributed by atoms with Crippen LogP contribution < -0.4 is 0 Å². The first-order chi connectivity index (χ1) is 30.3. The van der Waals surface area contributed by atoms with Crippen LogP contribution in [0.15, 0.2) is 0 Å². The minimum absolute atomic E-state index is 0.0392. The highest BCUT2D eigenvalue weighted by atomic mass is 16.7. The van der Waals surface area contributed by atoms with E-state index in [1.54, 1.807) is 7.11 Å². The van der Waals surface area contributed by atoms with Crippen LogP contribution in [0.1, 0.15) is 98.8 Å². The van der Waals surface area contributed by atoms with Gasteiger partial charge in [-0.2, -0.15) is 0 Å². The molecule has 4 saturated carbocycles. The number of ether oxygens (including phenoxy) is 8. The second kappa shape index (κ2) is 19.2. The van der Waals surface area contributed by atoms with Gasteiger partial charge in [0.2, 0.25) is 0 Å². The van der Waals surface area contributed by atoms with Crippen LogP contribution in [0.2, 0.25) is 0 Å². The molecule has 4 saturated heterocycles. The van der Waals surface area contributed by atoms with Crippen LogP contribution in [-0.2, 0) is 37.9 Å². The van der Waals surface area contributed by atoms with Crippen LogP contribution in [0, 0.1) is 52.3 Å². The molecule has 4 aliphatic heterocycles. The average Bonchev–Trinajstić information content (AvgIpc) is 3.74. The van der Waals surface area contributed by atoms with Crippen LogP contribution in [-0.4, -0.2) is 188 Å². The van der Waals surface area contributed by atoms with Crippen molar-refractivity contribution in [2.45, 2.75) is 209 Å². The van der Waals surface area contributed by atoms with E-state index in [4.69, 9.17) is 37.9 Å². The van der Waals surface area contributed by atoms with Crippen molar-refractivity contribution in [1.82, 2.24) is 0 Å². The standard InChI is InChI=1S/C46H78O18/c1-20(19-58-41-37(54)35(52)33(50)29(17-47)61-41)9-14-46(57-6)21(2)31-28(64-46)16-27-25-8-7-23-15-24(10-12-44(23,4)26(25)11-13-45(27,31)5)60-43-39(56)36(53)40(30(18-48)62-43)63-42-38(55)34(51)32(49)22(3)59-42/h20-43,47-56H,7-19H2,1-6H3/t20-,21+,22+,23-,24+,25-,26+,27+,28+,29-,30-,31+,32+,33-,34-,35+,36-,37-,38-,39-,40-,41-,42+,43-,44+,45+,46-/m1/s1. The van der Waals surface area contributed by atoms with Gasteiger partial charge in [0.15, 0.2) is 24.7 Å². The largest absolute Gasteiger partial charge is 0.394 e. The molecule has 8 rings (SSSR count). The smallest absolute Gasteiger partial charge is 0.187 e. The van der Waals surface area contributed by atoms with Crippen molar-refractivity contribution >= 4 is 0 Å². The highest BCUT2D eigenvalue weighted by Crippen LogP contribution is 2.71. The van der Waals surface area contributed by atoms with E-state index in [9.17, 15) is 51.1 Å².